The van der Waals surface area contributed by atoms with E-state index in [1.165, 1.54) is 38.5 Å². The van der Waals surface area contributed by atoms with Gasteiger partial charge in [-0.05, 0) is 37.5 Å². The SMILES string of the molecule is NC(C1CC1)C(CO)OCC1CCCC1. The molecule has 0 aromatic heterocycles. The maximum Gasteiger partial charge on any atom is 0.0958 e. The van der Waals surface area contributed by atoms with Gasteiger partial charge in [0.2, 0.25) is 0 Å². The van der Waals surface area contributed by atoms with E-state index in [9.17, 15) is 5.11 Å². The van der Waals surface area contributed by atoms with E-state index < -0.39 is 0 Å². The van der Waals surface area contributed by atoms with Gasteiger partial charge in [-0.25, -0.2) is 0 Å². The van der Waals surface area contributed by atoms with Crippen LogP contribution in [0.2, 0.25) is 0 Å². The molecular formula is C12H23NO2. The summed E-state index contributed by atoms with van der Waals surface area (Å²) in [6.45, 7) is 0.871. The lowest BCUT2D eigenvalue weighted by Crippen LogP contribution is -2.41. The highest BCUT2D eigenvalue weighted by molar-refractivity contribution is 4.89. The molecule has 2 rings (SSSR count). The summed E-state index contributed by atoms with van der Waals surface area (Å²) in [5.74, 6) is 1.32. The Labute approximate surface area is 92.0 Å². The molecule has 0 spiro atoms. The van der Waals surface area contributed by atoms with Crippen LogP contribution in [0.5, 0.6) is 0 Å². The molecular weight excluding hydrogens is 190 g/mol. The number of nitrogens with two attached hydrogens (primary N) is 1. The Morgan fingerprint density at radius 1 is 1.20 bits per heavy atom. The lowest BCUT2D eigenvalue weighted by molar-refractivity contribution is -0.0213. The Morgan fingerprint density at radius 3 is 2.40 bits per heavy atom. The Bertz CT molecular complexity index is 188. The second-order valence-corrected chi connectivity index (χ2v) is 5.12. The van der Waals surface area contributed by atoms with Crippen molar-refractivity contribution < 1.29 is 9.84 Å². The lowest BCUT2D eigenvalue weighted by Gasteiger charge is -2.23. The standard InChI is InChI=1S/C12H23NO2/c13-12(10-5-6-10)11(7-14)15-8-9-3-1-2-4-9/h9-12,14H,1-8,13H2. The third-order valence-corrected chi connectivity index (χ3v) is 3.80. The molecule has 2 unspecified atom stereocenters. The zero-order valence-electron chi connectivity index (χ0n) is 9.40. The number of aliphatic hydroxyl groups is 1. The number of rotatable bonds is 6. The van der Waals surface area contributed by atoms with Crippen LogP contribution in [0.1, 0.15) is 38.5 Å². The van der Waals surface area contributed by atoms with Crippen molar-refractivity contribution in [2.45, 2.75) is 50.7 Å². The van der Waals surface area contributed by atoms with E-state index in [0.717, 1.165) is 6.61 Å². The third kappa shape index (κ3) is 3.16. The van der Waals surface area contributed by atoms with E-state index in [2.05, 4.69) is 0 Å². The predicted octanol–water partition coefficient (Wildman–Crippen LogP) is 1.29. The molecule has 0 saturated heterocycles. The highest BCUT2D eigenvalue weighted by atomic mass is 16.5. The first-order valence-corrected chi connectivity index (χ1v) is 6.29. The van der Waals surface area contributed by atoms with Gasteiger partial charge in [0.15, 0.2) is 0 Å². The van der Waals surface area contributed by atoms with Crippen LogP contribution in [-0.2, 0) is 4.74 Å². The molecule has 2 atom stereocenters. The van der Waals surface area contributed by atoms with E-state index in [0.29, 0.717) is 11.8 Å². The first-order chi connectivity index (χ1) is 7.31. The molecule has 0 aromatic rings. The first-order valence-electron chi connectivity index (χ1n) is 6.29. The third-order valence-electron chi connectivity index (χ3n) is 3.80. The topological polar surface area (TPSA) is 55.5 Å². The Hall–Kier alpha value is -0.120. The quantitative estimate of drug-likeness (QED) is 0.699. The number of aliphatic hydroxyl groups excluding tert-OH is 1. The first kappa shape index (κ1) is 11.4. The van der Waals surface area contributed by atoms with Crippen molar-refractivity contribution in [3.63, 3.8) is 0 Å². The van der Waals surface area contributed by atoms with Crippen molar-refractivity contribution >= 4 is 0 Å². The number of hydrogen-bond donors (Lipinski definition) is 2. The zero-order valence-corrected chi connectivity index (χ0v) is 9.40. The van der Waals surface area contributed by atoms with Crippen LogP contribution in [0.25, 0.3) is 0 Å². The van der Waals surface area contributed by atoms with Gasteiger partial charge >= 0.3 is 0 Å². The second-order valence-electron chi connectivity index (χ2n) is 5.12. The smallest absolute Gasteiger partial charge is 0.0958 e. The van der Waals surface area contributed by atoms with Crippen molar-refractivity contribution in [1.82, 2.24) is 0 Å². The van der Waals surface area contributed by atoms with Crippen molar-refractivity contribution in [2.75, 3.05) is 13.2 Å². The van der Waals surface area contributed by atoms with E-state index in [4.69, 9.17) is 10.5 Å². The number of hydrogen-bond acceptors (Lipinski definition) is 3. The van der Waals surface area contributed by atoms with Crippen molar-refractivity contribution in [1.29, 1.82) is 0 Å². The average Bonchev–Trinajstić information content (AvgIpc) is 2.97. The van der Waals surface area contributed by atoms with Gasteiger partial charge in [0.1, 0.15) is 0 Å². The van der Waals surface area contributed by atoms with Gasteiger partial charge in [-0.15, -0.1) is 0 Å². The van der Waals surface area contributed by atoms with Gasteiger partial charge < -0.3 is 15.6 Å². The molecule has 0 aliphatic heterocycles. The van der Waals surface area contributed by atoms with Gasteiger partial charge in [-0.3, -0.25) is 0 Å². The summed E-state index contributed by atoms with van der Waals surface area (Å²) >= 11 is 0. The minimum Gasteiger partial charge on any atom is -0.394 e. The van der Waals surface area contributed by atoms with Crippen molar-refractivity contribution in [3.05, 3.63) is 0 Å². The fourth-order valence-corrected chi connectivity index (χ4v) is 2.51. The summed E-state index contributed by atoms with van der Waals surface area (Å²) in [5.41, 5.74) is 6.03. The average molecular weight is 213 g/mol. The molecule has 88 valence electrons. The van der Waals surface area contributed by atoms with Crippen LogP contribution < -0.4 is 5.73 Å². The second kappa shape index (κ2) is 5.28. The monoisotopic (exact) mass is 213 g/mol. The maximum absolute atomic E-state index is 9.24. The molecule has 0 radical (unpaired) electrons. The highest BCUT2D eigenvalue weighted by Gasteiger charge is 2.34. The van der Waals surface area contributed by atoms with Gasteiger partial charge in [-0.2, -0.15) is 0 Å². The molecule has 0 aromatic carbocycles. The molecule has 2 saturated carbocycles. The molecule has 3 heteroatoms. The van der Waals surface area contributed by atoms with Crippen molar-refractivity contribution in [3.8, 4) is 0 Å². The zero-order chi connectivity index (χ0) is 10.7. The van der Waals surface area contributed by atoms with Crippen LogP contribution in [0.4, 0.5) is 0 Å². The summed E-state index contributed by atoms with van der Waals surface area (Å²) in [6.07, 6.45) is 7.56. The Kier molecular flexibility index (Phi) is 4.00. The van der Waals surface area contributed by atoms with E-state index in [1.54, 1.807) is 0 Å². The largest absolute Gasteiger partial charge is 0.394 e. The normalized spacial score (nSPS) is 26.8. The summed E-state index contributed by atoms with van der Waals surface area (Å²) < 4.78 is 5.76. The summed E-state index contributed by atoms with van der Waals surface area (Å²) in [7, 11) is 0. The molecule has 2 fully saturated rings. The molecule has 0 amide bonds. The maximum atomic E-state index is 9.24. The molecule has 15 heavy (non-hydrogen) atoms. The van der Waals surface area contributed by atoms with E-state index in [-0.39, 0.29) is 18.8 Å². The summed E-state index contributed by atoms with van der Waals surface area (Å²) in [5, 5.41) is 9.24. The Morgan fingerprint density at radius 2 is 1.87 bits per heavy atom. The minimum absolute atomic E-state index is 0.0522. The van der Waals surface area contributed by atoms with Crippen molar-refractivity contribution in [2.24, 2.45) is 17.6 Å². The summed E-state index contributed by atoms with van der Waals surface area (Å²) in [6, 6.07) is 0.0522. The molecule has 3 N–H and O–H groups in total. The van der Waals surface area contributed by atoms with Gasteiger partial charge in [0.25, 0.3) is 0 Å². The van der Waals surface area contributed by atoms with Gasteiger partial charge in [0.05, 0.1) is 12.7 Å². The fourth-order valence-electron chi connectivity index (χ4n) is 2.51. The number of ether oxygens (including phenoxy) is 1. The van der Waals surface area contributed by atoms with E-state index in [1.807, 2.05) is 0 Å². The van der Waals surface area contributed by atoms with Crippen LogP contribution >= 0.6 is 0 Å². The summed E-state index contributed by atoms with van der Waals surface area (Å²) in [4.78, 5) is 0. The predicted molar refractivity (Wildman–Crippen MR) is 59.5 cm³/mol. The molecule has 0 heterocycles. The van der Waals surface area contributed by atoms with E-state index >= 15 is 0 Å². The molecule has 2 aliphatic rings. The van der Waals surface area contributed by atoms with Crippen LogP contribution in [-0.4, -0.2) is 30.5 Å². The fraction of sp³-hybridized carbons (Fsp3) is 1.00. The Balaban J connectivity index is 1.69. The van der Waals surface area contributed by atoms with Crippen LogP contribution in [0, 0.1) is 11.8 Å². The molecule has 3 nitrogen and oxygen atoms in total. The van der Waals surface area contributed by atoms with Crippen LogP contribution in [0.15, 0.2) is 0 Å². The minimum atomic E-state index is -0.127. The van der Waals surface area contributed by atoms with Gasteiger partial charge in [0, 0.05) is 12.6 Å². The van der Waals surface area contributed by atoms with Gasteiger partial charge in [-0.1, -0.05) is 12.8 Å². The molecule has 2 aliphatic carbocycles. The highest BCUT2D eigenvalue weighted by Crippen LogP contribution is 2.34. The lowest BCUT2D eigenvalue weighted by atomic mass is 10.1. The molecule has 0 bridgehead atoms. The van der Waals surface area contributed by atoms with Crippen LogP contribution in [0.3, 0.4) is 0 Å².